The molecule has 8 rings (SSSR count). The van der Waals surface area contributed by atoms with Gasteiger partial charge in [-0.2, -0.15) is 0 Å². The molecule has 0 amide bonds. The van der Waals surface area contributed by atoms with Crippen molar-refractivity contribution in [3.63, 3.8) is 0 Å². The molecule has 0 radical (unpaired) electrons. The molecular formula is C49H40FP3+2. The van der Waals surface area contributed by atoms with Crippen LogP contribution in [0.15, 0.2) is 243 Å². The molecule has 0 nitrogen and oxygen atoms in total. The van der Waals surface area contributed by atoms with Crippen molar-refractivity contribution < 1.29 is 4.20 Å². The predicted octanol–water partition coefficient (Wildman–Crippen LogP) is 9.62. The zero-order valence-electron chi connectivity index (χ0n) is 29.3. The number of hydrogen-bond acceptors (Lipinski definition) is 0. The van der Waals surface area contributed by atoms with Gasteiger partial charge in [0.2, 0.25) is 0 Å². The fraction of sp³-hybridized carbons (Fsp3) is 0. The van der Waals surface area contributed by atoms with E-state index in [1.165, 1.54) is 0 Å². The van der Waals surface area contributed by atoms with Crippen LogP contribution in [0.2, 0.25) is 0 Å². The first-order chi connectivity index (χ1) is 26.2. The second-order valence-electron chi connectivity index (χ2n) is 12.9. The van der Waals surface area contributed by atoms with Gasteiger partial charge in [-0.15, -0.1) is 0 Å². The maximum absolute atomic E-state index is 21.2. The van der Waals surface area contributed by atoms with Gasteiger partial charge < -0.3 is 0 Å². The van der Waals surface area contributed by atoms with Crippen LogP contribution in [0.25, 0.3) is 0 Å². The highest BCUT2D eigenvalue weighted by Crippen LogP contribution is 2.81. The quantitative estimate of drug-likeness (QED) is 0.123. The zero-order valence-corrected chi connectivity index (χ0v) is 32.0. The van der Waals surface area contributed by atoms with Crippen LogP contribution in [0, 0.1) is 0 Å². The summed E-state index contributed by atoms with van der Waals surface area (Å²) in [5.41, 5.74) is 0. The second-order valence-corrected chi connectivity index (χ2v) is 23.3. The van der Waals surface area contributed by atoms with Crippen LogP contribution in [0.1, 0.15) is 0 Å². The van der Waals surface area contributed by atoms with Gasteiger partial charge in [0.15, 0.2) is 7.26 Å². The molecule has 0 unspecified atom stereocenters. The van der Waals surface area contributed by atoms with Crippen molar-refractivity contribution >= 4 is 68.9 Å². The molecule has 0 aliphatic carbocycles. The van der Waals surface area contributed by atoms with E-state index in [9.17, 15) is 0 Å². The average molecular weight is 741 g/mol. The molecule has 0 fully saturated rings. The molecule has 0 spiro atoms. The molecule has 53 heavy (non-hydrogen) atoms. The molecule has 0 aromatic heterocycles. The fourth-order valence-electron chi connectivity index (χ4n) is 7.78. The Labute approximate surface area is 314 Å². The minimum Gasteiger partial charge on any atom is -0.0622 e. The van der Waals surface area contributed by atoms with Crippen molar-refractivity contribution in [1.82, 2.24) is 0 Å². The summed E-state index contributed by atoms with van der Waals surface area (Å²) in [5, 5.41) is 8.24. The number of rotatable bonds is 10. The van der Waals surface area contributed by atoms with E-state index in [1.54, 1.807) is 0 Å². The lowest BCUT2D eigenvalue weighted by Gasteiger charge is -2.38. The molecular weight excluding hydrogens is 700 g/mol. The largest absolute Gasteiger partial charge is 0.335 e. The molecule has 8 aromatic rings. The summed E-state index contributed by atoms with van der Waals surface area (Å²) in [7, 11) is -7.10. The third-order valence-corrected chi connectivity index (χ3v) is 25.4. The lowest BCUT2D eigenvalue weighted by molar-refractivity contribution is 0.906. The smallest absolute Gasteiger partial charge is 0.0622 e. The molecule has 0 aliphatic rings. The Morgan fingerprint density at radius 3 is 0.736 bits per heavy atom. The molecule has 0 saturated carbocycles. The molecule has 0 N–H and O–H groups in total. The monoisotopic (exact) mass is 740 g/mol. The van der Waals surface area contributed by atoms with Crippen LogP contribution in [-0.4, -0.2) is 4.78 Å². The maximum Gasteiger partial charge on any atom is 0.335 e. The highest BCUT2D eigenvalue weighted by molar-refractivity contribution is 8.37. The molecule has 8 aromatic carbocycles. The normalized spacial score (nSPS) is 11.9. The van der Waals surface area contributed by atoms with E-state index in [0.717, 1.165) is 47.2 Å². The van der Waals surface area contributed by atoms with Crippen molar-refractivity contribution in [1.29, 1.82) is 0 Å². The standard InChI is InChI=1S/C49H40FP3/c50-53(47-37-21-7-22-38-47,48-39-23-8-24-40-48)49(51(41-25-9-1-10-26-41,42-27-11-2-12-28-42)43-29-13-3-14-30-43)52(44-31-15-4-16-32-44,45-33-17-5-18-34-45)46-35-19-6-20-36-46/h1-40H/q+2. The highest BCUT2D eigenvalue weighted by Gasteiger charge is 2.70. The van der Waals surface area contributed by atoms with Gasteiger partial charge in [-0.25, -0.2) is 0 Å². The molecule has 0 heterocycles. The number of halogens is 1. The van der Waals surface area contributed by atoms with Gasteiger partial charge in [-0.1, -0.05) is 182 Å². The summed E-state index contributed by atoms with van der Waals surface area (Å²) in [4.78, 5) is 0. The van der Waals surface area contributed by atoms with Crippen LogP contribution >= 0.6 is 21.7 Å². The van der Waals surface area contributed by atoms with Gasteiger partial charge in [-0.05, 0) is 80.8 Å². The summed E-state index contributed by atoms with van der Waals surface area (Å²) in [6, 6.07) is 85.2. The van der Waals surface area contributed by atoms with Gasteiger partial charge in [0.05, 0.1) is 6.89 Å². The first kappa shape index (κ1) is 34.9. The third kappa shape index (κ3) is 6.05. The Morgan fingerprint density at radius 2 is 0.491 bits per heavy atom. The van der Waals surface area contributed by atoms with E-state index in [2.05, 4.69) is 182 Å². The Kier molecular flexibility index (Phi) is 10.2. The summed E-state index contributed by atoms with van der Waals surface area (Å²) in [6.45, 7) is -3.09. The topological polar surface area (TPSA) is 0 Å². The van der Waals surface area contributed by atoms with Gasteiger partial charge in [-0.3, -0.25) is 0 Å². The van der Waals surface area contributed by atoms with Crippen LogP contribution in [0.5, 0.6) is 0 Å². The van der Waals surface area contributed by atoms with E-state index < -0.39 is 21.7 Å². The Morgan fingerprint density at radius 1 is 0.283 bits per heavy atom. The Hall–Kier alpha value is -5.15. The van der Waals surface area contributed by atoms with Gasteiger partial charge in [0, 0.05) is 0 Å². The van der Waals surface area contributed by atoms with E-state index in [-0.39, 0.29) is 0 Å². The molecule has 256 valence electrons. The minimum absolute atomic E-state index is 0.723. The van der Waals surface area contributed by atoms with Crippen LogP contribution in [0.3, 0.4) is 0 Å². The SMILES string of the molecule is F[P+](C(=P(c1ccccc1)(c1ccccc1)c1ccccc1)[P+](c1ccccc1)(c1ccccc1)c1ccccc1)(c1ccccc1)c1ccccc1. The lowest BCUT2D eigenvalue weighted by atomic mass is 10.4. The number of hydrogen-bond donors (Lipinski definition) is 0. The highest BCUT2D eigenvalue weighted by atomic mass is 31.3. The van der Waals surface area contributed by atoms with Crippen molar-refractivity contribution in [3.8, 4) is 0 Å². The van der Waals surface area contributed by atoms with Crippen molar-refractivity contribution in [3.05, 3.63) is 243 Å². The van der Waals surface area contributed by atoms with Crippen LogP contribution in [0.4, 0.5) is 4.20 Å². The minimum atomic E-state index is -4.00. The van der Waals surface area contributed by atoms with E-state index in [4.69, 9.17) is 0 Å². The molecule has 0 aliphatic heterocycles. The zero-order chi connectivity index (χ0) is 36.0. The Bertz CT molecular complexity index is 2180. The summed E-state index contributed by atoms with van der Waals surface area (Å²) in [6.07, 6.45) is 0. The van der Waals surface area contributed by atoms with Crippen molar-refractivity contribution in [2.45, 2.75) is 0 Å². The van der Waals surface area contributed by atoms with Crippen LogP contribution < -0.4 is 42.4 Å². The Balaban J connectivity index is 1.82. The van der Waals surface area contributed by atoms with E-state index >= 15 is 4.20 Å². The second kappa shape index (κ2) is 15.4. The van der Waals surface area contributed by atoms with Gasteiger partial charge >= 0.3 is 7.57 Å². The molecule has 0 atom stereocenters. The molecule has 0 bridgehead atoms. The molecule has 4 heteroatoms. The van der Waals surface area contributed by atoms with Gasteiger partial charge in [0.1, 0.15) is 26.5 Å². The summed E-state index contributed by atoms with van der Waals surface area (Å²) < 4.78 is 22.1. The average Bonchev–Trinajstić information content (AvgIpc) is 3.26. The maximum atomic E-state index is 21.2. The predicted molar refractivity (Wildman–Crippen MR) is 235 cm³/mol. The third-order valence-electron chi connectivity index (χ3n) is 9.96. The van der Waals surface area contributed by atoms with E-state index in [1.807, 2.05) is 60.7 Å². The van der Waals surface area contributed by atoms with E-state index in [0.29, 0.717) is 0 Å². The lowest BCUT2D eigenvalue weighted by Crippen LogP contribution is -2.44. The van der Waals surface area contributed by atoms with Crippen molar-refractivity contribution in [2.75, 3.05) is 0 Å². The van der Waals surface area contributed by atoms with Gasteiger partial charge in [0.25, 0.3) is 4.78 Å². The molecule has 0 saturated heterocycles. The summed E-state index contributed by atoms with van der Waals surface area (Å²) >= 11 is 0. The fourth-order valence-corrected chi connectivity index (χ4v) is 27.2. The van der Waals surface area contributed by atoms with Crippen molar-refractivity contribution in [2.24, 2.45) is 0 Å². The first-order valence-electron chi connectivity index (χ1n) is 17.9. The summed E-state index contributed by atoms with van der Waals surface area (Å²) in [5.74, 6) is 0. The number of benzene rings is 8. The van der Waals surface area contributed by atoms with Crippen LogP contribution in [-0.2, 0) is 0 Å². The first-order valence-corrected chi connectivity index (χ1v) is 23.2.